The molecule has 0 atom stereocenters. The first-order chi connectivity index (χ1) is 12.1. The van der Waals surface area contributed by atoms with Gasteiger partial charge in [0.2, 0.25) is 0 Å². The Morgan fingerprint density at radius 3 is 2.52 bits per heavy atom. The van der Waals surface area contributed by atoms with E-state index < -0.39 is 0 Å². The summed E-state index contributed by atoms with van der Waals surface area (Å²) in [5, 5.41) is 0.830. The van der Waals surface area contributed by atoms with Crippen LogP contribution in [0.5, 0.6) is 0 Å². The second-order valence-electron chi connectivity index (χ2n) is 6.23. The van der Waals surface area contributed by atoms with Gasteiger partial charge >= 0.3 is 0 Å². The van der Waals surface area contributed by atoms with Crippen molar-refractivity contribution in [1.82, 2.24) is 14.5 Å². The molecular weight excluding hydrogens is 318 g/mol. The number of benzene rings is 1. The quantitative estimate of drug-likeness (QED) is 0.779. The summed E-state index contributed by atoms with van der Waals surface area (Å²) in [6, 6.07) is 12.8. The standard InChI is InChI=1S/C19H19N3O3/c1-13-2-5-15(6-3-13)22-17(23)7-4-14-12-16(20-18(14)22)19(24)21-8-10-25-11-9-21/h2-7,12,20H,8-11H2,1H3. The van der Waals surface area contributed by atoms with Crippen molar-refractivity contribution in [3.05, 3.63) is 64.1 Å². The van der Waals surface area contributed by atoms with E-state index in [0.717, 1.165) is 16.6 Å². The van der Waals surface area contributed by atoms with E-state index in [-0.39, 0.29) is 11.5 Å². The molecule has 6 nitrogen and oxygen atoms in total. The molecule has 1 fully saturated rings. The number of carbonyl (C=O) groups excluding carboxylic acids is 1. The highest BCUT2D eigenvalue weighted by Crippen LogP contribution is 2.19. The molecule has 4 rings (SSSR count). The maximum Gasteiger partial charge on any atom is 0.270 e. The van der Waals surface area contributed by atoms with Gasteiger partial charge in [-0.15, -0.1) is 0 Å². The van der Waals surface area contributed by atoms with Crippen LogP contribution in [0.4, 0.5) is 0 Å². The van der Waals surface area contributed by atoms with Gasteiger partial charge in [-0.1, -0.05) is 17.7 Å². The normalized spacial score (nSPS) is 14.8. The number of ether oxygens (including phenoxy) is 1. The SMILES string of the molecule is Cc1ccc(-n2c(=O)ccc3cc(C(=O)N4CCOCC4)[nH]c32)cc1. The number of hydrogen-bond acceptors (Lipinski definition) is 3. The number of fused-ring (bicyclic) bond motifs is 1. The van der Waals surface area contributed by atoms with Gasteiger partial charge in [-0.3, -0.25) is 14.2 Å². The lowest BCUT2D eigenvalue weighted by atomic mass is 10.2. The number of amides is 1. The highest BCUT2D eigenvalue weighted by Gasteiger charge is 2.21. The molecule has 0 radical (unpaired) electrons. The van der Waals surface area contributed by atoms with Crippen LogP contribution in [0.15, 0.2) is 47.3 Å². The lowest BCUT2D eigenvalue weighted by Gasteiger charge is -2.26. The van der Waals surface area contributed by atoms with E-state index in [0.29, 0.717) is 37.6 Å². The highest BCUT2D eigenvalue weighted by molar-refractivity contribution is 5.97. The zero-order valence-electron chi connectivity index (χ0n) is 14.0. The molecule has 1 aromatic carbocycles. The Morgan fingerprint density at radius 1 is 1.08 bits per heavy atom. The third-order valence-corrected chi connectivity index (χ3v) is 4.50. The Labute approximate surface area is 144 Å². The van der Waals surface area contributed by atoms with Crippen LogP contribution in [-0.4, -0.2) is 46.7 Å². The molecule has 3 heterocycles. The molecule has 1 N–H and O–H groups in total. The maximum absolute atomic E-state index is 12.7. The molecule has 1 aliphatic rings. The number of rotatable bonds is 2. The lowest BCUT2D eigenvalue weighted by molar-refractivity contribution is 0.0299. The smallest absolute Gasteiger partial charge is 0.270 e. The maximum atomic E-state index is 12.7. The van der Waals surface area contributed by atoms with E-state index >= 15 is 0 Å². The minimum Gasteiger partial charge on any atom is -0.378 e. The van der Waals surface area contributed by atoms with Crippen LogP contribution in [0.25, 0.3) is 16.7 Å². The van der Waals surface area contributed by atoms with Gasteiger partial charge in [0.25, 0.3) is 11.5 Å². The fourth-order valence-corrected chi connectivity index (χ4v) is 3.12. The topological polar surface area (TPSA) is 67.3 Å². The van der Waals surface area contributed by atoms with Crippen molar-refractivity contribution in [3.63, 3.8) is 0 Å². The Morgan fingerprint density at radius 2 is 1.80 bits per heavy atom. The first kappa shape index (κ1) is 15.7. The number of aromatic nitrogens is 2. The summed E-state index contributed by atoms with van der Waals surface area (Å²) in [7, 11) is 0. The molecular formula is C19H19N3O3. The van der Waals surface area contributed by atoms with Gasteiger partial charge in [-0.05, 0) is 31.2 Å². The second kappa shape index (κ2) is 6.22. The average molecular weight is 337 g/mol. The first-order valence-corrected chi connectivity index (χ1v) is 8.32. The fourth-order valence-electron chi connectivity index (χ4n) is 3.12. The number of H-pyrrole nitrogens is 1. The Kier molecular flexibility index (Phi) is 3.89. The highest BCUT2D eigenvalue weighted by atomic mass is 16.5. The minimum absolute atomic E-state index is 0.0672. The number of aromatic amines is 1. The van der Waals surface area contributed by atoms with E-state index in [4.69, 9.17) is 4.74 Å². The van der Waals surface area contributed by atoms with Crippen molar-refractivity contribution in [2.75, 3.05) is 26.3 Å². The third kappa shape index (κ3) is 2.85. The summed E-state index contributed by atoms with van der Waals surface area (Å²) in [5.74, 6) is -0.0672. The van der Waals surface area contributed by atoms with Crippen molar-refractivity contribution in [1.29, 1.82) is 0 Å². The van der Waals surface area contributed by atoms with Crippen LogP contribution in [0, 0.1) is 6.92 Å². The minimum atomic E-state index is -0.136. The van der Waals surface area contributed by atoms with E-state index in [1.54, 1.807) is 21.6 Å². The molecule has 128 valence electrons. The van der Waals surface area contributed by atoms with Gasteiger partial charge in [0.1, 0.15) is 11.3 Å². The van der Waals surface area contributed by atoms with Crippen molar-refractivity contribution in [2.24, 2.45) is 0 Å². The van der Waals surface area contributed by atoms with Crippen molar-refractivity contribution >= 4 is 16.9 Å². The Balaban J connectivity index is 1.80. The summed E-state index contributed by atoms with van der Waals surface area (Å²) in [5.41, 5.74) is 2.88. The van der Waals surface area contributed by atoms with Gasteiger partial charge in [-0.2, -0.15) is 0 Å². The number of aryl methyl sites for hydroxylation is 1. The molecule has 1 saturated heterocycles. The molecule has 0 spiro atoms. The summed E-state index contributed by atoms with van der Waals surface area (Å²) in [4.78, 5) is 30.0. The van der Waals surface area contributed by atoms with Gasteiger partial charge in [0.15, 0.2) is 0 Å². The number of pyridine rings is 1. The van der Waals surface area contributed by atoms with E-state index in [1.165, 1.54) is 6.07 Å². The predicted molar refractivity (Wildman–Crippen MR) is 95.4 cm³/mol. The predicted octanol–water partition coefficient (Wildman–Crippen LogP) is 2.10. The van der Waals surface area contributed by atoms with E-state index in [1.807, 2.05) is 31.2 Å². The number of morpholine rings is 1. The summed E-state index contributed by atoms with van der Waals surface area (Å²) in [6.07, 6.45) is 0. The number of hydrogen-bond donors (Lipinski definition) is 1. The van der Waals surface area contributed by atoms with Gasteiger partial charge in [0.05, 0.1) is 18.9 Å². The molecule has 6 heteroatoms. The van der Waals surface area contributed by atoms with E-state index in [2.05, 4.69) is 4.98 Å². The molecule has 1 aliphatic heterocycles. The molecule has 0 saturated carbocycles. The number of nitrogens with one attached hydrogen (secondary N) is 1. The van der Waals surface area contributed by atoms with Gasteiger partial charge < -0.3 is 14.6 Å². The molecule has 2 aromatic heterocycles. The van der Waals surface area contributed by atoms with E-state index in [9.17, 15) is 9.59 Å². The Hall–Kier alpha value is -2.86. The summed E-state index contributed by atoms with van der Waals surface area (Å²) < 4.78 is 6.90. The largest absolute Gasteiger partial charge is 0.378 e. The van der Waals surface area contributed by atoms with Crippen LogP contribution in [0.3, 0.4) is 0 Å². The van der Waals surface area contributed by atoms with Crippen LogP contribution < -0.4 is 5.56 Å². The number of nitrogens with zero attached hydrogens (tertiary/aromatic N) is 2. The van der Waals surface area contributed by atoms with Gasteiger partial charge in [0, 0.05) is 24.5 Å². The van der Waals surface area contributed by atoms with Crippen molar-refractivity contribution < 1.29 is 9.53 Å². The fraction of sp³-hybridized carbons (Fsp3) is 0.263. The van der Waals surface area contributed by atoms with Crippen molar-refractivity contribution in [3.8, 4) is 5.69 Å². The Bertz CT molecular complexity index is 979. The summed E-state index contributed by atoms with van der Waals surface area (Å²) in [6.45, 7) is 4.28. The number of carbonyl (C=O) groups is 1. The summed E-state index contributed by atoms with van der Waals surface area (Å²) >= 11 is 0. The zero-order chi connectivity index (χ0) is 17.4. The second-order valence-corrected chi connectivity index (χ2v) is 6.23. The molecule has 0 bridgehead atoms. The van der Waals surface area contributed by atoms with Gasteiger partial charge in [-0.25, -0.2) is 0 Å². The third-order valence-electron chi connectivity index (χ3n) is 4.50. The molecule has 1 amide bonds. The van der Waals surface area contributed by atoms with Crippen molar-refractivity contribution in [2.45, 2.75) is 6.92 Å². The molecule has 0 unspecified atom stereocenters. The molecule has 25 heavy (non-hydrogen) atoms. The molecule has 3 aromatic rings. The zero-order valence-corrected chi connectivity index (χ0v) is 14.0. The average Bonchev–Trinajstić information content (AvgIpc) is 3.07. The van der Waals surface area contributed by atoms with Crippen LogP contribution >= 0.6 is 0 Å². The van der Waals surface area contributed by atoms with Crippen LogP contribution in [-0.2, 0) is 4.74 Å². The first-order valence-electron chi connectivity index (χ1n) is 8.32. The lowest BCUT2D eigenvalue weighted by Crippen LogP contribution is -2.40. The van der Waals surface area contributed by atoms with Crippen LogP contribution in [0.1, 0.15) is 16.1 Å². The monoisotopic (exact) mass is 337 g/mol. The molecule has 0 aliphatic carbocycles. The van der Waals surface area contributed by atoms with Crippen LogP contribution in [0.2, 0.25) is 0 Å².